The summed E-state index contributed by atoms with van der Waals surface area (Å²) >= 11 is 0. The standard InChI is InChI=1S/C58H112O6/c1-4-7-10-13-16-19-22-25-27-28-29-31-34-37-40-43-46-49-52-58(61)64-55(53-62-56(59)50-47-44-41-38-35-32-24-21-18-15-12-9-6-3)54-63-57(60)51-48-45-42-39-36-33-30-26-23-20-17-14-11-8-5-2/h55H,4-54H2,1-3H3/t55-/m0/s1. The van der Waals surface area contributed by atoms with Gasteiger partial charge in [-0.2, -0.15) is 0 Å². The molecule has 0 rings (SSSR count). The molecule has 0 fully saturated rings. The van der Waals surface area contributed by atoms with Crippen molar-refractivity contribution in [1.82, 2.24) is 0 Å². The lowest BCUT2D eigenvalue weighted by Crippen LogP contribution is -2.30. The molecule has 1 atom stereocenters. The van der Waals surface area contributed by atoms with E-state index < -0.39 is 6.10 Å². The second-order valence-electron chi connectivity index (χ2n) is 19.9. The minimum Gasteiger partial charge on any atom is -0.462 e. The van der Waals surface area contributed by atoms with Crippen molar-refractivity contribution >= 4 is 17.9 Å². The Morgan fingerprint density at radius 3 is 0.625 bits per heavy atom. The molecule has 0 aliphatic heterocycles. The molecule has 0 amide bonds. The van der Waals surface area contributed by atoms with Crippen molar-refractivity contribution in [2.24, 2.45) is 0 Å². The molecule has 0 saturated heterocycles. The second-order valence-corrected chi connectivity index (χ2v) is 19.9. The molecule has 0 unspecified atom stereocenters. The summed E-state index contributed by atoms with van der Waals surface area (Å²) in [6.45, 7) is 6.71. The summed E-state index contributed by atoms with van der Waals surface area (Å²) in [5.74, 6) is -0.832. The third kappa shape index (κ3) is 51.4. The van der Waals surface area contributed by atoms with Crippen molar-refractivity contribution < 1.29 is 28.6 Å². The first-order valence-corrected chi connectivity index (χ1v) is 29.0. The Balaban J connectivity index is 4.28. The largest absolute Gasteiger partial charge is 0.462 e. The van der Waals surface area contributed by atoms with Crippen LogP contribution in [0.5, 0.6) is 0 Å². The van der Waals surface area contributed by atoms with Crippen LogP contribution in [0.1, 0.15) is 335 Å². The van der Waals surface area contributed by atoms with Crippen LogP contribution in [0, 0.1) is 0 Å². The van der Waals surface area contributed by atoms with Gasteiger partial charge in [-0.15, -0.1) is 0 Å². The molecule has 0 aromatic heterocycles. The van der Waals surface area contributed by atoms with Crippen LogP contribution >= 0.6 is 0 Å². The average molecular weight is 906 g/mol. The molecule has 0 N–H and O–H groups in total. The van der Waals surface area contributed by atoms with Gasteiger partial charge in [-0.3, -0.25) is 14.4 Å². The third-order valence-corrected chi connectivity index (χ3v) is 13.4. The Kier molecular flexibility index (Phi) is 52.7. The Bertz CT molecular complexity index is 951. The summed E-state index contributed by atoms with van der Waals surface area (Å²) in [5, 5.41) is 0. The number of carbonyl (C=O) groups is 3. The van der Waals surface area contributed by atoms with Crippen LogP contribution in [0.2, 0.25) is 0 Å². The monoisotopic (exact) mass is 905 g/mol. The molecule has 0 radical (unpaired) electrons. The minimum atomic E-state index is -0.761. The SMILES string of the molecule is CCCCCCCCCCCCCCCCCCCCC(=O)O[C@@H](COC(=O)CCCCCCCCCCCCCCC)COC(=O)CCCCCCCCCCCCCCCCC. The minimum absolute atomic E-state index is 0.0611. The van der Waals surface area contributed by atoms with Crippen LogP contribution in [-0.2, 0) is 28.6 Å². The predicted octanol–water partition coefficient (Wildman–Crippen LogP) is 19.2. The molecular formula is C58H112O6. The molecule has 6 nitrogen and oxygen atoms in total. The first-order valence-electron chi connectivity index (χ1n) is 29.0. The lowest BCUT2D eigenvalue weighted by Gasteiger charge is -2.18. The van der Waals surface area contributed by atoms with Gasteiger partial charge >= 0.3 is 17.9 Å². The molecule has 6 heteroatoms. The van der Waals surface area contributed by atoms with E-state index in [-0.39, 0.29) is 31.1 Å². The van der Waals surface area contributed by atoms with Crippen LogP contribution in [0.3, 0.4) is 0 Å². The van der Waals surface area contributed by atoms with E-state index in [1.54, 1.807) is 0 Å². The zero-order valence-corrected chi connectivity index (χ0v) is 43.6. The molecule has 0 spiro atoms. The van der Waals surface area contributed by atoms with E-state index in [1.165, 1.54) is 238 Å². The Morgan fingerprint density at radius 1 is 0.250 bits per heavy atom. The van der Waals surface area contributed by atoms with E-state index in [0.29, 0.717) is 19.3 Å². The first-order chi connectivity index (χ1) is 31.5. The molecular weight excluding hydrogens is 793 g/mol. The highest BCUT2D eigenvalue weighted by Gasteiger charge is 2.19. The van der Waals surface area contributed by atoms with Crippen molar-refractivity contribution in [1.29, 1.82) is 0 Å². The molecule has 0 aliphatic rings. The van der Waals surface area contributed by atoms with E-state index in [0.717, 1.165) is 57.8 Å². The van der Waals surface area contributed by atoms with E-state index in [9.17, 15) is 14.4 Å². The van der Waals surface area contributed by atoms with Gasteiger partial charge in [-0.05, 0) is 19.3 Å². The highest BCUT2D eigenvalue weighted by molar-refractivity contribution is 5.71. The summed E-state index contributed by atoms with van der Waals surface area (Å²) < 4.78 is 16.9. The molecule has 0 bridgehead atoms. The fraction of sp³-hybridized carbons (Fsp3) is 0.948. The topological polar surface area (TPSA) is 78.9 Å². The van der Waals surface area contributed by atoms with E-state index in [1.807, 2.05) is 0 Å². The smallest absolute Gasteiger partial charge is 0.306 e. The maximum atomic E-state index is 12.8. The molecule has 0 saturated carbocycles. The van der Waals surface area contributed by atoms with Crippen molar-refractivity contribution in [3.8, 4) is 0 Å². The number of esters is 3. The van der Waals surface area contributed by atoms with Gasteiger partial charge in [-0.25, -0.2) is 0 Å². The third-order valence-electron chi connectivity index (χ3n) is 13.4. The number of unbranched alkanes of at least 4 members (excludes halogenated alkanes) is 43. The summed E-state index contributed by atoms with van der Waals surface area (Å²) in [4.78, 5) is 38.1. The van der Waals surface area contributed by atoms with Gasteiger partial charge in [0.15, 0.2) is 6.10 Å². The molecule has 0 aromatic rings. The fourth-order valence-electron chi connectivity index (χ4n) is 8.98. The lowest BCUT2D eigenvalue weighted by atomic mass is 10.0. The molecule has 0 aromatic carbocycles. The van der Waals surface area contributed by atoms with E-state index in [2.05, 4.69) is 20.8 Å². The molecule has 0 heterocycles. The zero-order valence-electron chi connectivity index (χ0n) is 43.6. The number of rotatable bonds is 54. The van der Waals surface area contributed by atoms with Crippen molar-refractivity contribution in [2.45, 2.75) is 341 Å². The van der Waals surface area contributed by atoms with Gasteiger partial charge in [0.05, 0.1) is 0 Å². The fourth-order valence-corrected chi connectivity index (χ4v) is 8.98. The van der Waals surface area contributed by atoms with E-state index >= 15 is 0 Å². The van der Waals surface area contributed by atoms with Gasteiger partial charge in [0.25, 0.3) is 0 Å². The van der Waals surface area contributed by atoms with Crippen molar-refractivity contribution in [2.75, 3.05) is 13.2 Å². The summed E-state index contributed by atoms with van der Waals surface area (Å²) in [6.07, 6.45) is 59.5. The number of ether oxygens (including phenoxy) is 3. The zero-order chi connectivity index (χ0) is 46.5. The Morgan fingerprint density at radius 2 is 0.422 bits per heavy atom. The summed E-state index contributed by atoms with van der Waals surface area (Å²) in [5.41, 5.74) is 0. The Hall–Kier alpha value is -1.59. The lowest BCUT2D eigenvalue weighted by molar-refractivity contribution is -0.167. The van der Waals surface area contributed by atoms with Crippen LogP contribution in [0.15, 0.2) is 0 Å². The average Bonchev–Trinajstić information content (AvgIpc) is 3.29. The first kappa shape index (κ1) is 62.4. The summed E-state index contributed by atoms with van der Waals surface area (Å²) in [6, 6.07) is 0. The maximum Gasteiger partial charge on any atom is 0.306 e. The van der Waals surface area contributed by atoms with Gasteiger partial charge < -0.3 is 14.2 Å². The quantitative estimate of drug-likeness (QED) is 0.0344. The normalized spacial score (nSPS) is 11.9. The van der Waals surface area contributed by atoms with Gasteiger partial charge in [-0.1, -0.05) is 297 Å². The number of hydrogen-bond donors (Lipinski definition) is 0. The predicted molar refractivity (Wildman–Crippen MR) is 275 cm³/mol. The van der Waals surface area contributed by atoms with Crippen LogP contribution in [0.25, 0.3) is 0 Å². The van der Waals surface area contributed by atoms with E-state index in [4.69, 9.17) is 14.2 Å². The van der Waals surface area contributed by atoms with Crippen LogP contribution in [-0.4, -0.2) is 37.2 Å². The second kappa shape index (κ2) is 54.0. The highest BCUT2D eigenvalue weighted by atomic mass is 16.6. The van der Waals surface area contributed by atoms with Crippen LogP contribution in [0.4, 0.5) is 0 Å². The van der Waals surface area contributed by atoms with Gasteiger partial charge in [0.2, 0.25) is 0 Å². The highest BCUT2D eigenvalue weighted by Crippen LogP contribution is 2.18. The maximum absolute atomic E-state index is 12.8. The van der Waals surface area contributed by atoms with Crippen LogP contribution < -0.4 is 0 Å². The Labute approximate surface area is 399 Å². The van der Waals surface area contributed by atoms with Gasteiger partial charge in [0, 0.05) is 19.3 Å². The van der Waals surface area contributed by atoms with Gasteiger partial charge in [0.1, 0.15) is 13.2 Å². The number of carbonyl (C=O) groups excluding carboxylic acids is 3. The van der Waals surface area contributed by atoms with Crippen molar-refractivity contribution in [3.05, 3.63) is 0 Å². The molecule has 380 valence electrons. The molecule has 0 aliphatic carbocycles. The van der Waals surface area contributed by atoms with Crippen molar-refractivity contribution in [3.63, 3.8) is 0 Å². The molecule has 64 heavy (non-hydrogen) atoms. The number of hydrogen-bond acceptors (Lipinski definition) is 6. The summed E-state index contributed by atoms with van der Waals surface area (Å²) in [7, 11) is 0.